The molecule has 0 bridgehead atoms. The molecule has 5 nitrogen and oxygen atoms in total. The van der Waals surface area contributed by atoms with Crippen LogP contribution in [-0.4, -0.2) is 18.9 Å². The second-order valence-electron chi connectivity index (χ2n) is 9.42. The number of hydrogen-bond donors (Lipinski definition) is 0. The molecule has 0 unspecified atom stereocenters. The van der Waals surface area contributed by atoms with Gasteiger partial charge in [0.25, 0.3) is 0 Å². The van der Waals surface area contributed by atoms with E-state index in [-0.39, 0.29) is 11.9 Å². The van der Waals surface area contributed by atoms with Gasteiger partial charge in [-0.05, 0) is 66.0 Å². The van der Waals surface area contributed by atoms with Crippen LogP contribution in [0.25, 0.3) is 11.1 Å². The summed E-state index contributed by atoms with van der Waals surface area (Å²) in [4.78, 5) is 30.9. The Labute approximate surface area is 206 Å². The van der Waals surface area contributed by atoms with E-state index in [9.17, 15) is 9.59 Å². The van der Waals surface area contributed by atoms with E-state index < -0.39 is 0 Å². The molecule has 0 N–H and O–H groups in total. The number of ketones is 1. The lowest BCUT2D eigenvalue weighted by Gasteiger charge is -2.35. The molecule has 35 heavy (non-hydrogen) atoms. The highest BCUT2D eigenvalue weighted by molar-refractivity contribution is 5.88. The number of nitrogens with zero attached hydrogens (tertiary/aromatic N) is 1. The summed E-state index contributed by atoms with van der Waals surface area (Å²) < 4.78 is 5.67. The molecule has 5 rings (SSSR count). The molecule has 3 aromatic carbocycles. The third kappa shape index (κ3) is 5.09. The third-order valence-electron chi connectivity index (χ3n) is 7.10. The first-order chi connectivity index (χ1) is 17.1. The topological polar surface area (TPSA) is 55.8 Å². The molecule has 180 valence electrons. The smallest absolute Gasteiger partial charge is 0.332 e. The molecule has 1 aliphatic carbocycles. The first kappa shape index (κ1) is 23.2. The zero-order chi connectivity index (χ0) is 24.2. The second kappa shape index (κ2) is 10.3. The lowest BCUT2D eigenvalue weighted by atomic mass is 9.80. The molecule has 0 radical (unpaired) electrons. The maximum absolute atomic E-state index is 12.9. The molecule has 3 aromatic rings. The minimum atomic E-state index is -0.230. The van der Waals surface area contributed by atoms with Gasteiger partial charge in [0.05, 0.1) is 19.3 Å². The number of carbonyl (C=O) groups excluding carboxylic acids is 2. The Morgan fingerprint density at radius 1 is 0.971 bits per heavy atom. The first-order valence-electron chi connectivity index (χ1n) is 12.5. The van der Waals surface area contributed by atoms with Gasteiger partial charge in [-0.15, -0.1) is 0 Å². The van der Waals surface area contributed by atoms with Crippen molar-refractivity contribution in [2.24, 2.45) is 0 Å². The second-order valence-corrected chi connectivity index (χ2v) is 9.42. The van der Waals surface area contributed by atoms with Crippen LogP contribution in [0.15, 0.2) is 66.7 Å². The minimum absolute atomic E-state index is 0.223. The van der Waals surface area contributed by atoms with Crippen molar-refractivity contribution >= 4 is 17.4 Å². The molecule has 0 atom stereocenters. The molecular weight excluding hydrogens is 438 g/mol. The quantitative estimate of drug-likeness (QED) is 0.401. The van der Waals surface area contributed by atoms with Crippen LogP contribution in [0.4, 0.5) is 5.69 Å². The number of carbonyl (C=O) groups is 2. The minimum Gasteiger partial charge on any atom is -0.497 e. The van der Waals surface area contributed by atoms with Gasteiger partial charge in [-0.3, -0.25) is 4.79 Å². The number of hydrogen-bond acceptors (Lipinski definition) is 5. The van der Waals surface area contributed by atoms with Crippen LogP contribution in [0.1, 0.15) is 61.1 Å². The zero-order valence-corrected chi connectivity index (χ0v) is 20.2. The van der Waals surface area contributed by atoms with Crippen molar-refractivity contribution in [1.29, 1.82) is 0 Å². The van der Waals surface area contributed by atoms with Crippen molar-refractivity contribution in [3.63, 3.8) is 0 Å². The highest BCUT2D eigenvalue weighted by Crippen LogP contribution is 2.48. The SMILES string of the molecule is COc1cc2c(c(C3CCC(=O)CC3)c1)N(OC(=O)CCCc1ccccc1)Cc1ccccc1-2. The monoisotopic (exact) mass is 469 g/mol. The molecule has 1 saturated carbocycles. The average molecular weight is 470 g/mol. The van der Waals surface area contributed by atoms with Gasteiger partial charge in [0.1, 0.15) is 11.5 Å². The third-order valence-corrected chi connectivity index (χ3v) is 7.10. The fraction of sp³-hybridized carbons (Fsp3) is 0.333. The van der Waals surface area contributed by atoms with E-state index in [2.05, 4.69) is 30.3 Å². The van der Waals surface area contributed by atoms with E-state index in [0.717, 1.165) is 59.4 Å². The maximum atomic E-state index is 12.9. The predicted octanol–water partition coefficient (Wildman–Crippen LogP) is 6.39. The summed E-state index contributed by atoms with van der Waals surface area (Å²) in [5, 5.41) is 1.77. The standard InChI is InChI=1S/C30H31NO4/c1-34-25-18-27(22-14-16-24(32)17-15-22)30-28(19-25)26-12-6-5-11-23(26)20-31(30)35-29(33)13-7-10-21-8-3-2-4-9-21/h2-6,8-9,11-12,18-19,22H,7,10,13-17,20H2,1H3. The van der Waals surface area contributed by atoms with E-state index in [1.165, 1.54) is 5.56 Å². The first-order valence-corrected chi connectivity index (χ1v) is 12.5. The molecule has 0 aromatic heterocycles. The van der Waals surface area contributed by atoms with Crippen molar-refractivity contribution in [1.82, 2.24) is 0 Å². The molecule has 1 fully saturated rings. The van der Waals surface area contributed by atoms with Crippen molar-refractivity contribution in [2.45, 2.75) is 57.4 Å². The molecular formula is C30H31NO4. The van der Waals surface area contributed by atoms with Crippen LogP contribution in [-0.2, 0) is 27.4 Å². The van der Waals surface area contributed by atoms with E-state index in [4.69, 9.17) is 9.57 Å². The van der Waals surface area contributed by atoms with Crippen LogP contribution in [0.3, 0.4) is 0 Å². The van der Waals surface area contributed by atoms with E-state index in [1.54, 1.807) is 12.2 Å². The molecule has 0 spiro atoms. The Balaban J connectivity index is 1.44. The summed E-state index contributed by atoms with van der Waals surface area (Å²) in [5.41, 5.74) is 6.49. The summed E-state index contributed by atoms with van der Waals surface area (Å²) in [5.74, 6) is 1.10. The van der Waals surface area contributed by atoms with Gasteiger partial charge in [-0.2, -0.15) is 0 Å². The Hall–Kier alpha value is -3.60. The van der Waals surface area contributed by atoms with Crippen LogP contribution in [0.5, 0.6) is 5.75 Å². The van der Waals surface area contributed by atoms with E-state index >= 15 is 0 Å². The molecule has 1 heterocycles. The fourth-order valence-corrected chi connectivity index (χ4v) is 5.28. The van der Waals surface area contributed by atoms with Crippen LogP contribution >= 0.6 is 0 Å². The normalized spacial score (nSPS) is 15.3. The number of benzene rings is 3. The fourth-order valence-electron chi connectivity index (χ4n) is 5.28. The Morgan fingerprint density at radius 2 is 1.71 bits per heavy atom. The predicted molar refractivity (Wildman–Crippen MR) is 136 cm³/mol. The van der Waals surface area contributed by atoms with Crippen molar-refractivity contribution in [3.05, 3.63) is 83.4 Å². The Morgan fingerprint density at radius 3 is 2.49 bits per heavy atom. The van der Waals surface area contributed by atoms with Gasteiger partial charge < -0.3 is 9.57 Å². The highest BCUT2D eigenvalue weighted by atomic mass is 16.7. The van der Waals surface area contributed by atoms with Crippen molar-refractivity contribution < 1.29 is 19.2 Å². The summed E-state index contributed by atoms with van der Waals surface area (Å²) in [6, 6.07) is 22.5. The lowest BCUT2D eigenvalue weighted by molar-refractivity contribution is -0.145. The average Bonchev–Trinajstić information content (AvgIpc) is 2.89. The number of methoxy groups -OCH3 is 1. The molecule has 2 aliphatic rings. The number of fused-ring (bicyclic) bond motifs is 3. The number of ether oxygens (including phenoxy) is 1. The lowest BCUT2D eigenvalue weighted by Crippen LogP contribution is -2.31. The summed E-state index contributed by atoms with van der Waals surface area (Å²) in [6.45, 7) is 0.499. The van der Waals surface area contributed by atoms with Gasteiger partial charge in [0.15, 0.2) is 0 Å². The Kier molecular flexibility index (Phi) is 6.84. The van der Waals surface area contributed by atoms with E-state index in [1.807, 2.05) is 36.4 Å². The highest BCUT2D eigenvalue weighted by Gasteiger charge is 2.32. The molecule has 0 amide bonds. The molecule has 1 aliphatic heterocycles. The van der Waals surface area contributed by atoms with Crippen LogP contribution in [0.2, 0.25) is 0 Å². The number of Topliss-reactive ketones (excluding diaryl/α,β-unsaturated/α-hetero) is 1. The number of rotatable bonds is 7. The van der Waals surface area contributed by atoms with Gasteiger partial charge in [-0.25, -0.2) is 9.86 Å². The Bertz CT molecular complexity index is 1210. The zero-order valence-electron chi connectivity index (χ0n) is 20.2. The maximum Gasteiger partial charge on any atom is 0.332 e. The summed E-state index contributed by atoms with van der Waals surface area (Å²) in [7, 11) is 1.68. The number of hydroxylamine groups is 1. The van der Waals surface area contributed by atoms with Crippen molar-refractivity contribution in [2.75, 3.05) is 12.2 Å². The molecule has 5 heteroatoms. The van der Waals surface area contributed by atoms with Crippen LogP contribution < -0.4 is 9.80 Å². The van der Waals surface area contributed by atoms with E-state index in [0.29, 0.717) is 31.6 Å². The number of anilines is 1. The summed E-state index contributed by atoms with van der Waals surface area (Å²) in [6.07, 6.45) is 4.72. The van der Waals surface area contributed by atoms with Gasteiger partial charge >= 0.3 is 5.97 Å². The van der Waals surface area contributed by atoms with Gasteiger partial charge in [0, 0.05) is 24.8 Å². The molecule has 0 saturated heterocycles. The van der Waals surface area contributed by atoms with Crippen molar-refractivity contribution in [3.8, 4) is 16.9 Å². The summed E-state index contributed by atoms with van der Waals surface area (Å²) >= 11 is 0. The van der Waals surface area contributed by atoms with Gasteiger partial charge in [-0.1, -0.05) is 54.6 Å². The van der Waals surface area contributed by atoms with Gasteiger partial charge in [0.2, 0.25) is 0 Å². The number of aryl methyl sites for hydroxylation is 1. The largest absolute Gasteiger partial charge is 0.497 e. The van der Waals surface area contributed by atoms with Crippen LogP contribution in [0, 0.1) is 0 Å².